The first-order valence-electron chi connectivity index (χ1n) is 7.34. The van der Waals surface area contributed by atoms with Crippen molar-refractivity contribution >= 4 is 5.69 Å². The lowest BCUT2D eigenvalue weighted by atomic mass is 10.0. The summed E-state index contributed by atoms with van der Waals surface area (Å²) in [5, 5.41) is 3.52. The summed E-state index contributed by atoms with van der Waals surface area (Å²) < 4.78 is 0. The summed E-state index contributed by atoms with van der Waals surface area (Å²) in [7, 11) is 0. The molecule has 1 aliphatic rings. The first-order valence-corrected chi connectivity index (χ1v) is 7.34. The minimum Gasteiger partial charge on any atom is -0.362 e. The third-order valence-corrected chi connectivity index (χ3v) is 3.97. The van der Waals surface area contributed by atoms with Gasteiger partial charge in [-0.2, -0.15) is 0 Å². The second kappa shape index (κ2) is 5.68. The summed E-state index contributed by atoms with van der Waals surface area (Å²) >= 11 is 0. The van der Waals surface area contributed by atoms with E-state index in [1.165, 1.54) is 22.4 Å². The number of aryl methyl sites for hydroxylation is 2. The number of anilines is 1. The van der Waals surface area contributed by atoms with E-state index in [2.05, 4.69) is 72.6 Å². The highest BCUT2D eigenvalue weighted by Crippen LogP contribution is 2.29. The Morgan fingerprint density at radius 3 is 2.40 bits per heavy atom. The summed E-state index contributed by atoms with van der Waals surface area (Å²) in [6, 6.07) is 18.1. The van der Waals surface area contributed by atoms with E-state index >= 15 is 0 Å². The molecule has 1 heterocycles. The second-order valence-electron chi connectivity index (χ2n) is 5.67. The van der Waals surface area contributed by atoms with Crippen LogP contribution in [0.1, 0.15) is 22.7 Å². The molecular weight excluding hydrogens is 244 g/mol. The zero-order valence-corrected chi connectivity index (χ0v) is 12.3. The molecular formula is C18H22N2. The maximum absolute atomic E-state index is 3.52. The predicted molar refractivity (Wildman–Crippen MR) is 85.3 cm³/mol. The molecule has 0 aromatic heterocycles. The molecule has 0 radical (unpaired) electrons. The van der Waals surface area contributed by atoms with Crippen molar-refractivity contribution in [3.05, 3.63) is 65.2 Å². The van der Waals surface area contributed by atoms with E-state index in [9.17, 15) is 0 Å². The van der Waals surface area contributed by atoms with Crippen LogP contribution in [0.4, 0.5) is 5.69 Å². The fourth-order valence-corrected chi connectivity index (χ4v) is 3.10. The standard InChI is InChI=1S/C18H22N2/c1-14-10-15(2)12-17(11-14)20-9-8-19-13-18(20)16-6-4-3-5-7-16/h3-7,10-12,18-19H,8-9,13H2,1-2H3. The van der Waals surface area contributed by atoms with Crippen LogP contribution in [0.3, 0.4) is 0 Å². The Kier molecular flexibility index (Phi) is 3.75. The predicted octanol–water partition coefficient (Wildman–Crippen LogP) is 3.45. The number of nitrogens with zero attached hydrogens (tertiary/aromatic N) is 1. The third-order valence-electron chi connectivity index (χ3n) is 3.97. The summed E-state index contributed by atoms with van der Waals surface area (Å²) in [6.45, 7) is 7.47. The van der Waals surface area contributed by atoms with Gasteiger partial charge in [0, 0.05) is 25.3 Å². The molecule has 20 heavy (non-hydrogen) atoms. The highest BCUT2D eigenvalue weighted by molar-refractivity contribution is 5.53. The average Bonchev–Trinajstić information content (AvgIpc) is 2.47. The quantitative estimate of drug-likeness (QED) is 0.895. The van der Waals surface area contributed by atoms with Crippen molar-refractivity contribution in [2.24, 2.45) is 0 Å². The highest BCUT2D eigenvalue weighted by Gasteiger charge is 2.23. The third kappa shape index (κ3) is 2.70. The minimum absolute atomic E-state index is 0.422. The Bertz CT molecular complexity index is 557. The molecule has 1 unspecified atom stereocenters. The number of nitrogens with one attached hydrogen (secondary N) is 1. The number of rotatable bonds is 2. The largest absolute Gasteiger partial charge is 0.362 e. The van der Waals surface area contributed by atoms with Crippen LogP contribution in [0.25, 0.3) is 0 Å². The van der Waals surface area contributed by atoms with Crippen molar-refractivity contribution in [1.29, 1.82) is 0 Å². The average molecular weight is 266 g/mol. The lowest BCUT2D eigenvalue weighted by Gasteiger charge is -2.38. The van der Waals surface area contributed by atoms with Crippen LogP contribution in [0, 0.1) is 13.8 Å². The van der Waals surface area contributed by atoms with Gasteiger partial charge in [-0.3, -0.25) is 0 Å². The van der Waals surface area contributed by atoms with Gasteiger partial charge in [-0.1, -0.05) is 36.4 Å². The molecule has 0 aliphatic carbocycles. The van der Waals surface area contributed by atoms with Crippen LogP contribution in [0.5, 0.6) is 0 Å². The first kappa shape index (κ1) is 13.2. The van der Waals surface area contributed by atoms with Gasteiger partial charge in [0.25, 0.3) is 0 Å². The molecule has 0 bridgehead atoms. The van der Waals surface area contributed by atoms with Crippen LogP contribution in [0.15, 0.2) is 48.5 Å². The van der Waals surface area contributed by atoms with Crippen LogP contribution in [-0.2, 0) is 0 Å². The molecule has 1 fully saturated rings. The highest BCUT2D eigenvalue weighted by atomic mass is 15.2. The van der Waals surface area contributed by atoms with E-state index in [0.29, 0.717) is 6.04 Å². The summed E-state index contributed by atoms with van der Waals surface area (Å²) in [5.74, 6) is 0. The Morgan fingerprint density at radius 1 is 1.00 bits per heavy atom. The summed E-state index contributed by atoms with van der Waals surface area (Å²) in [4.78, 5) is 2.53. The van der Waals surface area contributed by atoms with Crippen molar-refractivity contribution in [3.63, 3.8) is 0 Å². The number of hydrogen-bond donors (Lipinski definition) is 1. The Labute approximate surface area is 121 Å². The SMILES string of the molecule is Cc1cc(C)cc(N2CCNCC2c2ccccc2)c1. The van der Waals surface area contributed by atoms with Gasteiger partial charge in [-0.15, -0.1) is 0 Å². The van der Waals surface area contributed by atoms with E-state index in [1.54, 1.807) is 0 Å². The molecule has 1 atom stereocenters. The number of benzene rings is 2. The molecule has 3 rings (SSSR count). The molecule has 1 saturated heterocycles. The molecule has 0 spiro atoms. The fourth-order valence-electron chi connectivity index (χ4n) is 3.10. The molecule has 1 N–H and O–H groups in total. The molecule has 2 heteroatoms. The maximum atomic E-state index is 3.52. The molecule has 104 valence electrons. The topological polar surface area (TPSA) is 15.3 Å². The number of hydrogen-bond acceptors (Lipinski definition) is 2. The van der Waals surface area contributed by atoms with Crippen LogP contribution >= 0.6 is 0 Å². The van der Waals surface area contributed by atoms with E-state index < -0.39 is 0 Å². The smallest absolute Gasteiger partial charge is 0.0667 e. The second-order valence-corrected chi connectivity index (χ2v) is 5.67. The maximum Gasteiger partial charge on any atom is 0.0667 e. The van der Waals surface area contributed by atoms with E-state index in [-0.39, 0.29) is 0 Å². The monoisotopic (exact) mass is 266 g/mol. The Hall–Kier alpha value is -1.80. The molecule has 2 nitrogen and oxygen atoms in total. The molecule has 0 amide bonds. The summed E-state index contributed by atoms with van der Waals surface area (Å²) in [5.41, 5.74) is 5.41. The normalized spacial score (nSPS) is 19.1. The Balaban J connectivity index is 1.96. The van der Waals surface area contributed by atoms with Crippen LogP contribution < -0.4 is 10.2 Å². The van der Waals surface area contributed by atoms with Gasteiger partial charge >= 0.3 is 0 Å². The minimum atomic E-state index is 0.422. The molecule has 2 aromatic rings. The van der Waals surface area contributed by atoms with Crippen molar-refractivity contribution in [3.8, 4) is 0 Å². The van der Waals surface area contributed by atoms with Crippen molar-refractivity contribution in [2.45, 2.75) is 19.9 Å². The molecule has 1 aliphatic heterocycles. The van der Waals surface area contributed by atoms with Crippen molar-refractivity contribution in [1.82, 2.24) is 5.32 Å². The van der Waals surface area contributed by atoms with Crippen molar-refractivity contribution in [2.75, 3.05) is 24.5 Å². The van der Waals surface area contributed by atoms with Crippen LogP contribution in [-0.4, -0.2) is 19.6 Å². The first-order chi connectivity index (χ1) is 9.74. The lowest BCUT2D eigenvalue weighted by molar-refractivity contribution is 0.490. The van der Waals surface area contributed by atoms with Crippen LogP contribution in [0.2, 0.25) is 0 Å². The van der Waals surface area contributed by atoms with Crippen molar-refractivity contribution < 1.29 is 0 Å². The van der Waals surface area contributed by atoms with Gasteiger partial charge < -0.3 is 10.2 Å². The van der Waals surface area contributed by atoms with Gasteiger partial charge in [0.1, 0.15) is 0 Å². The zero-order chi connectivity index (χ0) is 13.9. The van der Waals surface area contributed by atoms with E-state index in [4.69, 9.17) is 0 Å². The lowest BCUT2D eigenvalue weighted by Crippen LogP contribution is -2.46. The summed E-state index contributed by atoms with van der Waals surface area (Å²) in [6.07, 6.45) is 0. The van der Waals surface area contributed by atoms with Gasteiger partial charge in [-0.05, 0) is 42.7 Å². The van der Waals surface area contributed by atoms with Gasteiger partial charge in [-0.25, -0.2) is 0 Å². The zero-order valence-electron chi connectivity index (χ0n) is 12.3. The number of piperazine rings is 1. The van der Waals surface area contributed by atoms with Gasteiger partial charge in [0.15, 0.2) is 0 Å². The van der Waals surface area contributed by atoms with E-state index in [0.717, 1.165) is 19.6 Å². The Morgan fingerprint density at radius 2 is 1.70 bits per heavy atom. The molecule has 2 aromatic carbocycles. The van der Waals surface area contributed by atoms with E-state index in [1.807, 2.05) is 0 Å². The fraction of sp³-hybridized carbons (Fsp3) is 0.333. The van der Waals surface area contributed by atoms with Gasteiger partial charge in [0.05, 0.1) is 6.04 Å². The van der Waals surface area contributed by atoms with Gasteiger partial charge in [0.2, 0.25) is 0 Å². The molecule has 0 saturated carbocycles.